The van der Waals surface area contributed by atoms with E-state index in [0.29, 0.717) is 0 Å². The van der Waals surface area contributed by atoms with Crippen molar-refractivity contribution in [3.8, 4) is 0 Å². The first-order valence-corrected chi connectivity index (χ1v) is 5.18. The minimum Gasteiger partial charge on any atom is -0.398 e. The summed E-state index contributed by atoms with van der Waals surface area (Å²) in [5, 5.41) is 9.48. The minimum atomic E-state index is -0.315. The molecule has 0 aliphatic carbocycles. The number of rotatable bonds is 3. The number of anilines is 1. The number of nitrogens with two attached hydrogens (primary N) is 1. The zero-order valence-corrected chi connectivity index (χ0v) is 8.71. The van der Waals surface area contributed by atoms with Crippen LogP contribution in [-0.4, -0.2) is 16.5 Å². The first-order valence-electron chi connectivity index (χ1n) is 4.30. The molecule has 3 heteroatoms. The number of benzene rings is 1. The van der Waals surface area contributed by atoms with Gasteiger partial charge in [0.2, 0.25) is 0 Å². The molecule has 72 valence electrons. The Bertz CT molecular complexity index is 275. The molecule has 0 heterocycles. The summed E-state index contributed by atoms with van der Waals surface area (Å²) < 4.78 is 0. The molecule has 13 heavy (non-hydrogen) atoms. The van der Waals surface area contributed by atoms with Gasteiger partial charge in [-0.25, -0.2) is 0 Å². The Morgan fingerprint density at radius 2 is 1.92 bits per heavy atom. The van der Waals surface area contributed by atoms with E-state index in [9.17, 15) is 5.11 Å². The van der Waals surface area contributed by atoms with Crippen LogP contribution in [0.4, 0.5) is 5.69 Å². The fourth-order valence-corrected chi connectivity index (χ4v) is 1.85. The molecule has 0 radical (unpaired) electrons. The molecule has 2 nitrogen and oxygen atoms in total. The van der Waals surface area contributed by atoms with Crippen LogP contribution >= 0.6 is 11.8 Å². The average Bonchev–Trinajstić information content (AvgIpc) is 2.08. The largest absolute Gasteiger partial charge is 0.398 e. The molecule has 0 fully saturated rings. The lowest BCUT2D eigenvalue weighted by atomic mass is 10.3. The van der Waals surface area contributed by atoms with Crippen LogP contribution in [0, 0.1) is 0 Å². The molecule has 1 aromatic rings. The first-order chi connectivity index (χ1) is 6.11. The van der Waals surface area contributed by atoms with E-state index in [1.165, 1.54) is 0 Å². The number of para-hydroxylation sites is 1. The predicted molar refractivity (Wildman–Crippen MR) is 57.9 cm³/mol. The standard InChI is InChI=1S/C10H15NOS/c1-7(12)8(2)13-10-6-4-3-5-9(10)11/h3-8,12H,11H2,1-2H3. The van der Waals surface area contributed by atoms with Gasteiger partial charge in [0.25, 0.3) is 0 Å². The van der Waals surface area contributed by atoms with Gasteiger partial charge in [-0.1, -0.05) is 19.1 Å². The molecule has 0 spiro atoms. The number of aliphatic hydroxyl groups is 1. The summed E-state index contributed by atoms with van der Waals surface area (Å²) >= 11 is 1.60. The Balaban J connectivity index is 2.69. The maximum Gasteiger partial charge on any atom is 0.0631 e. The van der Waals surface area contributed by atoms with Gasteiger partial charge in [0.05, 0.1) is 6.10 Å². The number of hydrogen-bond acceptors (Lipinski definition) is 3. The highest BCUT2D eigenvalue weighted by Gasteiger charge is 2.11. The van der Waals surface area contributed by atoms with Gasteiger partial charge < -0.3 is 10.8 Å². The van der Waals surface area contributed by atoms with E-state index in [2.05, 4.69) is 0 Å². The normalized spacial score (nSPS) is 15.3. The molecular formula is C10H15NOS. The summed E-state index contributed by atoms with van der Waals surface area (Å²) in [6.07, 6.45) is -0.315. The van der Waals surface area contributed by atoms with Crippen molar-refractivity contribution in [2.24, 2.45) is 0 Å². The predicted octanol–water partition coefficient (Wildman–Crippen LogP) is 2.13. The fourth-order valence-electron chi connectivity index (χ4n) is 0.887. The molecule has 2 atom stereocenters. The fraction of sp³-hybridized carbons (Fsp3) is 0.400. The molecule has 1 aromatic carbocycles. The quantitative estimate of drug-likeness (QED) is 0.576. The second-order valence-corrected chi connectivity index (χ2v) is 4.52. The van der Waals surface area contributed by atoms with E-state index < -0.39 is 0 Å². The van der Waals surface area contributed by atoms with Crippen molar-refractivity contribution in [2.45, 2.75) is 30.1 Å². The van der Waals surface area contributed by atoms with Crippen LogP contribution in [0.1, 0.15) is 13.8 Å². The molecule has 0 aromatic heterocycles. The van der Waals surface area contributed by atoms with E-state index in [4.69, 9.17) is 5.73 Å². The molecular weight excluding hydrogens is 182 g/mol. The van der Waals surface area contributed by atoms with Gasteiger partial charge >= 0.3 is 0 Å². The molecule has 0 saturated heterocycles. The van der Waals surface area contributed by atoms with Crippen molar-refractivity contribution in [2.75, 3.05) is 5.73 Å². The van der Waals surface area contributed by atoms with Crippen LogP contribution in [0.15, 0.2) is 29.2 Å². The summed E-state index contributed by atoms with van der Waals surface area (Å²) in [5.74, 6) is 0. The molecule has 0 aliphatic heterocycles. The van der Waals surface area contributed by atoms with E-state index >= 15 is 0 Å². The van der Waals surface area contributed by atoms with Crippen LogP contribution in [0.25, 0.3) is 0 Å². The third kappa shape index (κ3) is 2.94. The van der Waals surface area contributed by atoms with Gasteiger partial charge in [0, 0.05) is 15.8 Å². The van der Waals surface area contributed by atoms with Gasteiger partial charge in [-0.3, -0.25) is 0 Å². The summed E-state index contributed by atoms with van der Waals surface area (Å²) in [6, 6.07) is 7.70. The molecule has 0 saturated carbocycles. The van der Waals surface area contributed by atoms with Crippen molar-refractivity contribution in [1.82, 2.24) is 0 Å². The molecule has 0 aliphatic rings. The average molecular weight is 197 g/mol. The maximum atomic E-state index is 9.31. The Hall–Kier alpha value is -0.670. The zero-order valence-electron chi connectivity index (χ0n) is 7.90. The highest BCUT2D eigenvalue weighted by Crippen LogP contribution is 2.29. The van der Waals surface area contributed by atoms with E-state index in [0.717, 1.165) is 10.6 Å². The van der Waals surface area contributed by atoms with Gasteiger partial charge in [-0.15, -0.1) is 11.8 Å². The number of nitrogen functional groups attached to an aromatic ring is 1. The second kappa shape index (κ2) is 4.53. The summed E-state index contributed by atoms with van der Waals surface area (Å²) in [4.78, 5) is 1.04. The van der Waals surface area contributed by atoms with Crippen molar-refractivity contribution in [1.29, 1.82) is 0 Å². The summed E-state index contributed by atoms with van der Waals surface area (Å²) in [5.41, 5.74) is 6.54. The number of hydrogen-bond donors (Lipinski definition) is 2. The van der Waals surface area contributed by atoms with E-state index in [1.807, 2.05) is 31.2 Å². The molecule has 3 N–H and O–H groups in total. The van der Waals surface area contributed by atoms with Crippen molar-refractivity contribution >= 4 is 17.4 Å². The SMILES string of the molecule is CC(O)C(C)Sc1ccccc1N. The first kappa shape index (κ1) is 10.4. The molecule has 0 amide bonds. The van der Waals surface area contributed by atoms with Crippen LogP contribution in [-0.2, 0) is 0 Å². The third-order valence-corrected chi connectivity index (χ3v) is 3.30. The van der Waals surface area contributed by atoms with Gasteiger partial charge in [0.1, 0.15) is 0 Å². The monoisotopic (exact) mass is 197 g/mol. The Morgan fingerprint density at radius 1 is 1.31 bits per heavy atom. The highest BCUT2D eigenvalue weighted by molar-refractivity contribution is 8.00. The smallest absolute Gasteiger partial charge is 0.0631 e. The lowest BCUT2D eigenvalue weighted by Gasteiger charge is -2.14. The van der Waals surface area contributed by atoms with Crippen LogP contribution in [0.3, 0.4) is 0 Å². The van der Waals surface area contributed by atoms with E-state index in [-0.39, 0.29) is 11.4 Å². The molecule has 0 bridgehead atoms. The second-order valence-electron chi connectivity index (χ2n) is 3.10. The van der Waals surface area contributed by atoms with Crippen molar-refractivity contribution in [3.05, 3.63) is 24.3 Å². The number of aliphatic hydroxyl groups excluding tert-OH is 1. The summed E-state index contributed by atoms with van der Waals surface area (Å²) in [7, 11) is 0. The van der Waals surface area contributed by atoms with Crippen molar-refractivity contribution in [3.63, 3.8) is 0 Å². The lowest BCUT2D eigenvalue weighted by Crippen LogP contribution is -2.15. The van der Waals surface area contributed by atoms with Crippen LogP contribution < -0.4 is 5.73 Å². The number of thioether (sulfide) groups is 1. The Kier molecular flexibility index (Phi) is 3.63. The van der Waals surface area contributed by atoms with Gasteiger partial charge in [-0.2, -0.15) is 0 Å². The lowest BCUT2D eigenvalue weighted by molar-refractivity contribution is 0.196. The topological polar surface area (TPSA) is 46.2 Å². The highest BCUT2D eigenvalue weighted by atomic mass is 32.2. The van der Waals surface area contributed by atoms with E-state index in [1.54, 1.807) is 18.7 Å². The molecule has 2 unspecified atom stereocenters. The summed E-state index contributed by atoms with van der Waals surface area (Å²) in [6.45, 7) is 3.78. The molecule has 1 rings (SSSR count). The van der Waals surface area contributed by atoms with Crippen LogP contribution in [0.5, 0.6) is 0 Å². The minimum absolute atomic E-state index is 0.171. The Morgan fingerprint density at radius 3 is 2.46 bits per heavy atom. The van der Waals surface area contributed by atoms with Crippen molar-refractivity contribution < 1.29 is 5.11 Å². The third-order valence-electron chi connectivity index (χ3n) is 1.91. The Labute approximate surface area is 83.1 Å². The van der Waals surface area contributed by atoms with Crippen LogP contribution in [0.2, 0.25) is 0 Å². The zero-order chi connectivity index (χ0) is 9.84. The van der Waals surface area contributed by atoms with Gasteiger partial charge in [-0.05, 0) is 19.1 Å². The maximum absolute atomic E-state index is 9.31. The van der Waals surface area contributed by atoms with Gasteiger partial charge in [0.15, 0.2) is 0 Å².